The second-order valence-electron chi connectivity index (χ2n) is 9.74. The summed E-state index contributed by atoms with van der Waals surface area (Å²) in [5.41, 5.74) is -1.85. The largest absolute Gasteiger partial charge is 0.455 e. The third kappa shape index (κ3) is 3.78. The van der Waals surface area contributed by atoms with Crippen molar-refractivity contribution in [3.63, 3.8) is 0 Å². The van der Waals surface area contributed by atoms with Gasteiger partial charge in [0.1, 0.15) is 11.7 Å². The van der Waals surface area contributed by atoms with Gasteiger partial charge in [0.15, 0.2) is 6.29 Å². The highest BCUT2D eigenvalue weighted by Gasteiger charge is 2.68. The minimum absolute atomic E-state index is 0.101. The Labute approximate surface area is 177 Å². The Morgan fingerprint density at radius 2 is 1.97 bits per heavy atom. The van der Waals surface area contributed by atoms with Gasteiger partial charge in [-0.05, 0) is 36.8 Å². The van der Waals surface area contributed by atoms with Crippen molar-refractivity contribution in [3.05, 3.63) is 36.0 Å². The van der Waals surface area contributed by atoms with Crippen molar-refractivity contribution in [1.29, 1.82) is 0 Å². The SMILES string of the molecule is C[C@@H](O)[C@H](O)/C=C/C=C/C(=O)O[C@@H]1C=C2CO[C@H](O)[C@]2(O)[C@@]2(C)CCCC(C)(C)[C@H]12. The Balaban J connectivity index is 1.85. The van der Waals surface area contributed by atoms with Crippen LogP contribution in [0.25, 0.3) is 0 Å². The molecule has 1 saturated carbocycles. The van der Waals surface area contributed by atoms with Gasteiger partial charge in [-0.25, -0.2) is 4.79 Å². The zero-order valence-corrected chi connectivity index (χ0v) is 18.1. The van der Waals surface area contributed by atoms with Crippen LogP contribution in [-0.2, 0) is 14.3 Å². The van der Waals surface area contributed by atoms with Gasteiger partial charge in [-0.1, -0.05) is 45.4 Å². The minimum atomic E-state index is -1.49. The van der Waals surface area contributed by atoms with Crippen LogP contribution < -0.4 is 0 Å². The van der Waals surface area contributed by atoms with Crippen molar-refractivity contribution < 1.29 is 34.7 Å². The Morgan fingerprint density at radius 1 is 1.27 bits per heavy atom. The van der Waals surface area contributed by atoms with Gasteiger partial charge in [0.05, 0.1) is 18.8 Å². The van der Waals surface area contributed by atoms with E-state index in [0.717, 1.165) is 12.8 Å². The van der Waals surface area contributed by atoms with E-state index in [0.29, 0.717) is 12.0 Å². The first-order valence-corrected chi connectivity index (χ1v) is 10.6. The molecule has 30 heavy (non-hydrogen) atoms. The first-order valence-electron chi connectivity index (χ1n) is 10.6. The maximum atomic E-state index is 12.5. The van der Waals surface area contributed by atoms with Crippen molar-refractivity contribution in [2.45, 2.75) is 77.2 Å². The lowest BCUT2D eigenvalue weighted by Gasteiger charge is -2.60. The molecule has 0 unspecified atom stereocenters. The Bertz CT molecular complexity index is 753. The topological polar surface area (TPSA) is 116 Å². The van der Waals surface area contributed by atoms with Gasteiger partial charge in [-0.2, -0.15) is 0 Å². The lowest BCUT2D eigenvalue weighted by atomic mass is 9.46. The molecule has 2 aliphatic carbocycles. The van der Waals surface area contributed by atoms with Crippen molar-refractivity contribution >= 4 is 5.97 Å². The summed E-state index contributed by atoms with van der Waals surface area (Å²) in [6.07, 6.45) is 6.08. The summed E-state index contributed by atoms with van der Waals surface area (Å²) in [5.74, 6) is -0.740. The summed E-state index contributed by atoms with van der Waals surface area (Å²) in [6, 6.07) is 0. The van der Waals surface area contributed by atoms with E-state index in [-0.39, 0.29) is 17.9 Å². The molecular formula is C23H34O7. The summed E-state index contributed by atoms with van der Waals surface area (Å²) < 4.78 is 11.2. The number of fused-ring (bicyclic) bond motifs is 3. The highest BCUT2D eigenvalue weighted by molar-refractivity contribution is 5.82. The molecule has 1 saturated heterocycles. The van der Waals surface area contributed by atoms with Crippen LogP contribution in [0.4, 0.5) is 0 Å². The fraction of sp³-hybridized carbons (Fsp3) is 0.696. The minimum Gasteiger partial charge on any atom is -0.455 e. The van der Waals surface area contributed by atoms with Gasteiger partial charge in [-0.15, -0.1) is 0 Å². The van der Waals surface area contributed by atoms with Gasteiger partial charge in [0.2, 0.25) is 0 Å². The summed E-state index contributed by atoms with van der Waals surface area (Å²) >= 11 is 0. The molecule has 1 heterocycles. The van der Waals surface area contributed by atoms with Crippen LogP contribution in [0.5, 0.6) is 0 Å². The third-order valence-corrected chi connectivity index (χ3v) is 7.25. The lowest BCUT2D eigenvalue weighted by Crippen LogP contribution is -2.65. The number of hydrogen-bond donors (Lipinski definition) is 4. The quantitative estimate of drug-likeness (QED) is 0.230. The molecule has 0 bridgehead atoms. The Hall–Kier alpha value is -1.51. The van der Waals surface area contributed by atoms with Crippen LogP contribution in [0.15, 0.2) is 36.0 Å². The number of aliphatic hydroxyl groups is 4. The Kier molecular flexibility index (Phi) is 6.33. The van der Waals surface area contributed by atoms with Crippen LogP contribution in [0.1, 0.15) is 47.0 Å². The molecule has 0 aromatic carbocycles. The van der Waals surface area contributed by atoms with Crippen LogP contribution in [0.3, 0.4) is 0 Å². The normalized spacial score (nSPS) is 40.0. The molecular weight excluding hydrogens is 388 g/mol. The molecule has 3 aliphatic rings. The molecule has 3 rings (SSSR count). The van der Waals surface area contributed by atoms with E-state index in [9.17, 15) is 25.2 Å². The van der Waals surface area contributed by atoms with Gasteiger partial charge in [0, 0.05) is 17.4 Å². The maximum Gasteiger partial charge on any atom is 0.331 e. The number of rotatable bonds is 5. The molecule has 2 fully saturated rings. The van der Waals surface area contributed by atoms with Gasteiger partial charge in [-0.3, -0.25) is 0 Å². The first-order chi connectivity index (χ1) is 13.9. The number of carbonyl (C=O) groups is 1. The number of esters is 1. The average Bonchev–Trinajstić information content (AvgIpc) is 2.94. The highest BCUT2D eigenvalue weighted by Crippen LogP contribution is 2.63. The molecule has 0 aromatic rings. The number of allylic oxidation sites excluding steroid dienone is 2. The standard InChI is InChI=1S/C23H34O7/c1-14(24)16(25)8-5-6-9-18(26)30-17-12-15-13-29-20(27)23(15,28)22(4)11-7-10-21(2,3)19(17)22/h5-6,8-9,12,14,16-17,19-20,24-25,27-28H,7,10-11,13H2,1-4H3/b8-5+,9-6+/t14-,16-,17-,19+,20+,22+,23+/m1/s1. The van der Waals surface area contributed by atoms with Crippen molar-refractivity contribution in [1.82, 2.24) is 0 Å². The summed E-state index contributed by atoms with van der Waals surface area (Å²) in [5, 5.41) is 40.8. The monoisotopic (exact) mass is 422 g/mol. The van der Waals surface area contributed by atoms with E-state index in [1.54, 1.807) is 6.08 Å². The smallest absolute Gasteiger partial charge is 0.331 e. The van der Waals surface area contributed by atoms with E-state index >= 15 is 0 Å². The predicted octanol–water partition coefficient (Wildman–Crippen LogP) is 1.60. The molecule has 1 aliphatic heterocycles. The van der Waals surface area contributed by atoms with Crippen molar-refractivity contribution in [2.24, 2.45) is 16.7 Å². The lowest BCUT2D eigenvalue weighted by molar-refractivity contribution is -0.244. The average molecular weight is 423 g/mol. The van der Waals surface area contributed by atoms with E-state index in [1.165, 1.54) is 31.2 Å². The molecule has 0 aromatic heterocycles. The highest BCUT2D eigenvalue weighted by atomic mass is 16.6. The van der Waals surface area contributed by atoms with Crippen LogP contribution in [0.2, 0.25) is 0 Å². The van der Waals surface area contributed by atoms with Gasteiger partial charge >= 0.3 is 5.97 Å². The Morgan fingerprint density at radius 3 is 2.63 bits per heavy atom. The van der Waals surface area contributed by atoms with Crippen molar-refractivity contribution in [2.75, 3.05) is 6.61 Å². The summed E-state index contributed by atoms with van der Waals surface area (Å²) in [7, 11) is 0. The summed E-state index contributed by atoms with van der Waals surface area (Å²) in [6.45, 7) is 7.74. The molecule has 0 radical (unpaired) electrons. The summed E-state index contributed by atoms with van der Waals surface area (Å²) in [4.78, 5) is 12.5. The van der Waals surface area contributed by atoms with Gasteiger partial charge in [0.25, 0.3) is 0 Å². The van der Waals surface area contributed by atoms with E-state index in [4.69, 9.17) is 9.47 Å². The number of ether oxygens (including phenoxy) is 2. The van der Waals surface area contributed by atoms with E-state index < -0.39 is 41.6 Å². The third-order valence-electron chi connectivity index (χ3n) is 7.25. The fourth-order valence-corrected chi connectivity index (χ4v) is 5.74. The van der Waals surface area contributed by atoms with Gasteiger partial charge < -0.3 is 29.9 Å². The van der Waals surface area contributed by atoms with Crippen LogP contribution in [0, 0.1) is 16.7 Å². The first kappa shape index (κ1) is 23.2. The molecule has 7 atom stereocenters. The molecule has 168 valence electrons. The zero-order chi connectivity index (χ0) is 22.3. The second kappa shape index (κ2) is 8.20. The second-order valence-corrected chi connectivity index (χ2v) is 9.74. The number of carbonyl (C=O) groups excluding carboxylic acids is 1. The van der Waals surface area contributed by atoms with E-state index in [1.807, 2.05) is 6.92 Å². The van der Waals surface area contributed by atoms with Crippen LogP contribution in [-0.4, -0.2) is 63.2 Å². The number of aliphatic hydroxyl groups excluding tert-OH is 3. The molecule has 0 amide bonds. The molecule has 7 heteroatoms. The van der Waals surface area contributed by atoms with E-state index in [2.05, 4.69) is 13.8 Å². The molecule has 0 spiro atoms. The maximum absolute atomic E-state index is 12.5. The predicted molar refractivity (Wildman–Crippen MR) is 110 cm³/mol. The fourth-order valence-electron chi connectivity index (χ4n) is 5.74. The van der Waals surface area contributed by atoms with Crippen molar-refractivity contribution in [3.8, 4) is 0 Å². The van der Waals surface area contributed by atoms with Crippen LogP contribution >= 0.6 is 0 Å². The molecule has 7 nitrogen and oxygen atoms in total. The molecule has 4 N–H and O–H groups in total. The number of hydrogen-bond acceptors (Lipinski definition) is 7. The zero-order valence-electron chi connectivity index (χ0n) is 18.1.